The molecule has 0 aliphatic heterocycles. The Hall–Kier alpha value is -2.66. The smallest absolute Gasteiger partial charge is 0.241 e. The summed E-state index contributed by atoms with van der Waals surface area (Å²) in [6.07, 6.45) is 2.23. The third-order valence-corrected chi connectivity index (χ3v) is 3.58. The van der Waals surface area contributed by atoms with Crippen LogP contribution in [0, 0.1) is 5.82 Å². The van der Waals surface area contributed by atoms with E-state index in [1.807, 2.05) is 30.5 Å². The van der Waals surface area contributed by atoms with Gasteiger partial charge in [-0.25, -0.2) is 4.39 Å². The molecular formula is C17H16FN3O. The van der Waals surface area contributed by atoms with Gasteiger partial charge >= 0.3 is 0 Å². The number of nitrogens with two attached hydrogens (primary N) is 1. The average Bonchev–Trinajstić information content (AvgIpc) is 2.93. The van der Waals surface area contributed by atoms with Crippen LogP contribution in [0.4, 0.5) is 10.1 Å². The molecule has 3 aromatic rings. The Bertz CT molecular complexity index is 812. The maximum absolute atomic E-state index is 13.5. The molecule has 22 heavy (non-hydrogen) atoms. The number of carbonyl (C=O) groups excluding carboxylic acids is 1. The van der Waals surface area contributed by atoms with Crippen LogP contribution in [0.1, 0.15) is 5.56 Å². The van der Waals surface area contributed by atoms with E-state index >= 15 is 0 Å². The molecule has 5 heteroatoms. The molecule has 0 saturated heterocycles. The van der Waals surface area contributed by atoms with E-state index in [4.69, 9.17) is 5.73 Å². The van der Waals surface area contributed by atoms with Crippen molar-refractivity contribution < 1.29 is 9.18 Å². The molecular weight excluding hydrogens is 281 g/mol. The second-order valence-electron chi connectivity index (χ2n) is 5.14. The van der Waals surface area contributed by atoms with Gasteiger partial charge in [0, 0.05) is 17.1 Å². The molecule has 0 bridgehead atoms. The van der Waals surface area contributed by atoms with Crippen molar-refractivity contribution in [2.75, 3.05) is 5.32 Å². The number of nitrogens with one attached hydrogen (secondary N) is 2. The molecule has 1 unspecified atom stereocenters. The Morgan fingerprint density at radius 1 is 1.18 bits per heavy atom. The van der Waals surface area contributed by atoms with E-state index in [1.54, 1.807) is 12.1 Å². The summed E-state index contributed by atoms with van der Waals surface area (Å²) in [6.45, 7) is 0. The van der Waals surface area contributed by atoms with Crippen molar-refractivity contribution in [3.05, 3.63) is 66.1 Å². The summed E-state index contributed by atoms with van der Waals surface area (Å²) in [7, 11) is 0. The van der Waals surface area contributed by atoms with Gasteiger partial charge in [0.2, 0.25) is 5.91 Å². The number of anilines is 1. The van der Waals surface area contributed by atoms with Gasteiger partial charge in [-0.1, -0.05) is 30.3 Å². The molecule has 0 fully saturated rings. The topological polar surface area (TPSA) is 70.9 Å². The summed E-state index contributed by atoms with van der Waals surface area (Å²) in [6, 6.07) is 13.1. The Labute approximate surface area is 127 Å². The van der Waals surface area contributed by atoms with Crippen LogP contribution in [0.15, 0.2) is 54.7 Å². The van der Waals surface area contributed by atoms with Crippen molar-refractivity contribution in [1.29, 1.82) is 0 Å². The average molecular weight is 297 g/mol. The minimum absolute atomic E-state index is 0.141. The SMILES string of the molecule is NC(Cc1c[nH]c2ccccc12)C(=O)Nc1ccccc1F. The molecule has 2 aromatic carbocycles. The molecule has 1 amide bonds. The number of halogens is 1. The van der Waals surface area contributed by atoms with Gasteiger partial charge in [-0.15, -0.1) is 0 Å². The van der Waals surface area contributed by atoms with Crippen LogP contribution in [0.3, 0.4) is 0 Å². The molecule has 0 spiro atoms. The zero-order valence-electron chi connectivity index (χ0n) is 11.8. The summed E-state index contributed by atoms with van der Waals surface area (Å²) in [5, 5.41) is 3.56. The lowest BCUT2D eigenvalue weighted by atomic mass is 10.0. The van der Waals surface area contributed by atoms with E-state index in [0.29, 0.717) is 6.42 Å². The zero-order valence-corrected chi connectivity index (χ0v) is 11.8. The number of amides is 1. The van der Waals surface area contributed by atoms with Crippen molar-refractivity contribution in [2.45, 2.75) is 12.5 Å². The van der Waals surface area contributed by atoms with E-state index in [1.165, 1.54) is 12.1 Å². The van der Waals surface area contributed by atoms with Crippen LogP contribution in [0.2, 0.25) is 0 Å². The van der Waals surface area contributed by atoms with Crippen molar-refractivity contribution >= 4 is 22.5 Å². The normalized spacial score (nSPS) is 12.3. The van der Waals surface area contributed by atoms with Gasteiger partial charge in [0.05, 0.1) is 11.7 Å². The molecule has 0 aliphatic carbocycles. The molecule has 0 radical (unpaired) electrons. The van der Waals surface area contributed by atoms with E-state index in [2.05, 4.69) is 10.3 Å². The lowest BCUT2D eigenvalue weighted by Gasteiger charge is -2.12. The van der Waals surface area contributed by atoms with Crippen LogP contribution in [0.25, 0.3) is 10.9 Å². The van der Waals surface area contributed by atoms with E-state index in [0.717, 1.165) is 16.5 Å². The number of benzene rings is 2. The fourth-order valence-corrected chi connectivity index (χ4v) is 2.42. The number of hydrogen-bond donors (Lipinski definition) is 3. The monoisotopic (exact) mass is 297 g/mol. The van der Waals surface area contributed by atoms with Crippen molar-refractivity contribution in [3.8, 4) is 0 Å². The van der Waals surface area contributed by atoms with Crippen molar-refractivity contribution in [2.24, 2.45) is 5.73 Å². The second kappa shape index (κ2) is 5.99. The number of hydrogen-bond acceptors (Lipinski definition) is 2. The highest BCUT2D eigenvalue weighted by molar-refractivity contribution is 5.95. The lowest BCUT2D eigenvalue weighted by Crippen LogP contribution is -2.37. The predicted octanol–water partition coefficient (Wildman–Crippen LogP) is 2.82. The molecule has 1 atom stereocenters. The zero-order chi connectivity index (χ0) is 15.5. The predicted molar refractivity (Wildman–Crippen MR) is 85.0 cm³/mol. The minimum Gasteiger partial charge on any atom is -0.361 e. The fraction of sp³-hybridized carbons (Fsp3) is 0.118. The molecule has 3 rings (SSSR count). The summed E-state index contributed by atoms with van der Waals surface area (Å²) >= 11 is 0. The largest absolute Gasteiger partial charge is 0.361 e. The van der Waals surface area contributed by atoms with Crippen molar-refractivity contribution in [1.82, 2.24) is 4.98 Å². The highest BCUT2D eigenvalue weighted by Gasteiger charge is 2.17. The number of H-pyrrole nitrogens is 1. The summed E-state index contributed by atoms with van der Waals surface area (Å²) in [4.78, 5) is 15.3. The first kappa shape index (κ1) is 14.3. The van der Waals surface area contributed by atoms with E-state index in [-0.39, 0.29) is 5.69 Å². The molecule has 1 aromatic heterocycles. The molecule has 112 valence electrons. The summed E-state index contributed by atoms with van der Waals surface area (Å²) in [5.74, 6) is -0.884. The Balaban J connectivity index is 1.73. The van der Waals surface area contributed by atoms with Crippen LogP contribution in [-0.2, 0) is 11.2 Å². The third-order valence-electron chi connectivity index (χ3n) is 3.58. The van der Waals surface area contributed by atoms with Gasteiger partial charge in [-0.2, -0.15) is 0 Å². The first-order valence-corrected chi connectivity index (χ1v) is 7.01. The van der Waals surface area contributed by atoms with Gasteiger partial charge in [0.25, 0.3) is 0 Å². The van der Waals surface area contributed by atoms with E-state index < -0.39 is 17.8 Å². The minimum atomic E-state index is -0.751. The molecule has 4 N–H and O–H groups in total. The quantitative estimate of drug-likeness (QED) is 0.693. The number of rotatable bonds is 4. The van der Waals surface area contributed by atoms with E-state index in [9.17, 15) is 9.18 Å². The highest BCUT2D eigenvalue weighted by Crippen LogP contribution is 2.19. The number of carbonyl (C=O) groups is 1. The summed E-state index contributed by atoms with van der Waals surface area (Å²) < 4.78 is 13.5. The maximum Gasteiger partial charge on any atom is 0.241 e. The van der Waals surface area contributed by atoms with Crippen LogP contribution in [0.5, 0.6) is 0 Å². The number of aromatic nitrogens is 1. The first-order chi connectivity index (χ1) is 10.6. The second-order valence-corrected chi connectivity index (χ2v) is 5.14. The van der Waals surface area contributed by atoms with Crippen molar-refractivity contribution in [3.63, 3.8) is 0 Å². The fourth-order valence-electron chi connectivity index (χ4n) is 2.42. The van der Waals surface area contributed by atoms with Crippen LogP contribution in [-0.4, -0.2) is 16.9 Å². The molecule has 0 aliphatic rings. The Morgan fingerprint density at radius 3 is 2.73 bits per heavy atom. The Kier molecular flexibility index (Phi) is 3.89. The number of fused-ring (bicyclic) bond motifs is 1. The third kappa shape index (κ3) is 2.84. The molecule has 4 nitrogen and oxygen atoms in total. The van der Waals surface area contributed by atoms with Gasteiger partial charge in [0.15, 0.2) is 0 Å². The standard InChI is InChI=1S/C17H16FN3O/c18-13-6-2-4-8-16(13)21-17(22)14(19)9-11-10-20-15-7-3-1-5-12(11)15/h1-8,10,14,20H,9,19H2,(H,21,22). The summed E-state index contributed by atoms with van der Waals surface area (Å²) in [5.41, 5.74) is 8.05. The van der Waals surface area contributed by atoms with Gasteiger partial charge in [-0.05, 0) is 30.2 Å². The molecule has 1 heterocycles. The molecule has 0 saturated carbocycles. The van der Waals surface area contributed by atoms with Gasteiger partial charge < -0.3 is 16.0 Å². The van der Waals surface area contributed by atoms with Gasteiger partial charge in [0.1, 0.15) is 5.82 Å². The number of aromatic amines is 1. The van der Waals surface area contributed by atoms with Crippen LogP contribution < -0.4 is 11.1 Å². The first-order valence-electron chi connectivity index (χ1n) is 7.01. The maximum atomic E-state index is 13.5. The lowest BCUT2D eigenvalue weighted by molar-refractivity contribution is -0.117. The van der Waals surface area contributed by atoms with Gasteiger partial charge in [-0.3, -0.25) is 4.79 Å². The Morgan fingerprint density at radius 2 is 1.91 bits per heavy atom. The number of para-hydroxylation sites is 2. The highest BCUT2D eigenvalue weighted by atomic mass is 19.1. The van der Waals surface area contributed by atoms with Crippen LogP contribution >= 0.6 is 0 Å².